The number of carbonyl (C=O) groups excluding carboxylic acids is 1. The molecule has 1 aromatic carbocycles. The number of carbonyl (C=O) groups is 1. The molecule has 1 unspecified atom stereocenters. The molecule has 0 saturated carbocycles. The Morgan fingerprint density at radius 2 is 1.86 bits per heavy atom. The van der Waals surface area contributed by atoms with E-state index in [9.17, 15) is 18.0 Å². The average Bonchev–Trinajstić information content (AvgIpc) is 2.44. The summed E-state index contributed by atoms with van der Waals surface area (Å²) in [6.45, 7) is 2.48. The van der Waals surface area contributed by atoms with Crippen molar-refractivity contribution in [3.05, 3.63) is 24.3 Å². The van der Waals surface area contributed by atoms with E-state index in [4.69, 9.17) is 5.73 Å². The van der Waals surface area contributed by atoms with Gasteiger partial charge < -0.3 is 15.8 Å². The molecule has 4 nitrogen and oxygen atoms in total. The predicted octanol–water partition coefficient (Wildman–Crippen LogP) is 2.94. The molecular formula is C14H19F3N2O2. The second kappa shape index (κ2) is 6.80. The summed E-state index contributed by atoms with van der Waals surface area (Å²) in [7, 11) is 0. The molecule has 1 aromatic rings. The number of hydrogen-bond acceptors (Lipinski definition) is 3. The maximum atomic E-state index is 12.1. The van der Waals surface area contributed by atoms with E-state index < -0.39 is 18.2 Å². The van der Waals surface area contributed by atoms with Gasteiger partial charge in [-0.25, -0.2) is 0 Å². The second-order valence-corrected chi connectivity index (χ2v) is 5.00. The maximum absolute atomic E-state index is 12.1. The van der Waals surface area contributed by atoms with E-state index in [-0.39, 0.29) is 18.2 Å². The van der Waals surface area contributed by atoms with Crippen molar-refractivity contribution in [1.29, 1.82) is 0 Å². The van der Waals surface area contributed by atoms with Crippen LogP contribution >= 0.6 is 0 Å². The number of benzene rings is 1. The van der Waals surface area contributed by atoms with Crippen molar-refractivity contribution in [3.63, 3.8) is 0 Å². The largest absolute Gasteiger partial charge is 0.484 e. The molecule has 0 fully saturated rings. The Labute approximate surface area is 121 Å². The van der Waals surface area contributed by atoms with Crippen LogP contribution in [-0.2, 0) is 4.79 Å². The van der Waals surface area contributed by atoms with Gasteiger partial charge in [0.05, 0.1) is 5.41 Å². The minimum absolute atomic E-state index is 0.0856. The van der Waals surface area contributed by atoms with Gasteiger partial charge in [0.25, 0.3) is 0 Å². The lowest BCUT2D eigenvalue weighted by Crippen LogP contribution is -2.39. The van der Waals surface area contributed by atoms with E-state index >= 15 is 0 Å². The summed E-state index contributed by atoms with van der Waals surface area (Å²) in [5, 5.41) is 2.69. The minimum Gasteiger partial charge on any atom is -0.484 e. The van der Waals surface area contributed by atoms with Crippen LogP contribution in [-0.4, -0.2) is 25.2 Å². The molecule has 3 N–H and O–H groups in total. The van der Waals surface area contributed by atoms with Gasteiger partial charge in [0.1, 0.15) is 5.75 Å². The standard InChI is InChI=1S/C14H19F3N2O2/c1-3-13(2,8-18)12(20)19-10-4-6-11(7-5-10)21-9-14(15,16)17/h4-7H,3,8-9,18H2,1-2H3,(H,19,20). The minimum atomic E-state index is -4.38. The summed E-state index contributed by atoms with van der Waals surface area (Å²) < 4.78 is 40.6. The Kier molecular flexibility index (Phi) is 5.60. The predicted molar refractivity (Wildman–Crippen MR) is 74.1 cm³/mol. The van der Waals surface area contributed by atoms with Gasteiger partial charge in [-0.1, -0.05) is 6.92 Å². The van der Waals surface area contributed by atoms with Crippen molar-refractivity contribution in [2.75, 3.05) is 18.5 Å². The molecule has 7 heteroatoms. The van der Waals surface area contributed by atoms with E-state index in [0.29, 0.717) is 12.1 Å². The number of ether oxygens (including phenoxy) is 1. The molecule has 118 valence electrons. The van der Waals surface area contributed by atoms with Crippen LogP contribution < -0.4 is 15.8 Å². The van der Waals surface area contributed by atoms with Crippen molar-refractivity contribution in [2.24, 2.45) is 11.1 Å². The Morgan fingerprint density at radius 3 is 2.29 bits per heavy atom. The summed E-state index contributed by atoms with van der Waals surface area (Å²) in [6, 6.07) is 5.70. The third-order valence-electron chi connectivity index (χ3n) is 3.29. The van der Waals surface area contributed by atoms with Gasteiger partial charge in [-0.2, -0.15) is 13.2 Å². The molecule has 0 spiro atoms. The number of halogens is 3. The first-order chi connectivity index (χ1) is 9.70. The molecule has 1 amide bonds. The van der Waals surface area contributed by atoms with E-state index in [1.807, 2.05) is 6.92 Å². The fourth-order valence-corrected chi connectivity index (χ4v) is 1.48. The van der Waals surface area contributed by atoms with Crippen LogP contribution in [0, 0.1) is 5.41 Å². The molecule has 0 saturated heterocycles. The quantitative estimate of drug-likeness (QED) is 0.849. The molecule has 0 radical (unpaired) electrons. The lowest BCUT2D eigenvalue weighted by molar-refractivity contribution is -0.153. The Hall–Kier alpha value is -1.76. The monoisotopic (exact) mass is 304 g/mol. The van der Waals surface area contributed by atoms with Crippen LogP contribution in [0.5, 0.6) is 5.75 Å². The smallest absolute Gasteiger partial charge is 0.422 e. The van der Waals surface area contributed by atoms with E-state index in [2.05, 4.69) is 10.1 Å². The molecule has 0 aromatic heterocycles. The van der Waals surface area contributed by atoms with Crippen LogP contribution in [0.3, 0.4) is 0 Å². The van der Waals surface area contributed by atoms with E-state index in [1.165, 1.54) is 24.3 Å². The number of amides is 1. The van der Waals surface area contributed by atoms with Crippen LogP contribution in [0.15, 0.2) is 24.3 Å². The zero-order valence-corrected chi connectivity index (χ0v) is 12.0. The fourth-order valence-electron chi connectivity index (χ4n) is 1.48. The fraction of sp³-hybridized carbons (Fsp3) is 0.500. The van der Waals surface area contributed by atoms with Crippen LogP contribution in [0.4, 0.5) is 18.9 Å². The third-order valence-corrected chi connectivity index (χ3v) is 3.29. The zero-order chi connectivity index (χ0) is 16.1. The molecule has 0 aliphatic carbocycles. The van der Waals surface area contributed by atoms with Crippen molar-refractivity contribution < 1.29 is 22.7 Å². The van der Waals surface area contributed by atoms with Gasteiger partial charge in [-0.3, -0.25) is 4.79 Å². The van der Waals surface area contributed by atoms with Crippen LogP contribution in [0.1, 0.15) is 20.3 Å². The lowest BCUT2D eigenvalue weighted by Gasteiger charge is -2.25. The van der Waals surface area contributed by atoms with Crippen LogP contribution in [0.25, 0.3) is 0 Å². The molecule has 0 heterocycles. The highest BCUT2D eigenvalue weighted by atomic mass is 19.4. The summed E-state index contributed by atoms with van der Waals surface area (Å²) >= 11 is 0. The Morgan fingerprint density at radius 1 is 1.29 bits per heavy atom. The highest BCUT2D eigenvalue weighted by Crippen LogP contribution is 2.24. The number of nitrogens with two attached hydrogens (primary N) is 1. The number of alkyl halides is 3. The number of hydrogen-bond donors (Lipinski definition) is 2. The van der Waals surface area contributed by atoms with Crippen molar-refractivity contribution in [1.82, 2.24) is 0 Å². The number of nitrogens with one attached hydrogen (secondary N) is 1. The first-order valence-electron chi connectivity index (χ1n) is 6.51. The van der Waals surface area contributed by atoms with Gasteiger partial charge >= 0.3 is 6.18 Å². The molecule has 0 aliphatic rings. The first-order valence-corrected chi connectivity index (χ1v) is 6.51. The van der Waals surface area contributed by atoms with Crippen molar-refractivity contribution in [2.45, 2.75) is 26.4 Å². The maximum Gasteiger partial charge on any atom is 0.422 e. The molecule has 21 heavy (non-hydrogen) atoms. The van der Waals surface area contributed by atoms with Gasteiger partial charge in [-0.05, 0) is 37.6 Å². The summed E-state index contributed by atoms with van der Waals surface area (Å²) in [5.41, 5.74) is 5.39. The van der Waals surface area contributed by atoms with Gasteiger partial charge in [-0.15, -0.1) is 0 Å². The van der Waals surface area contributed by atoms with E-state index in [0.717, 1.165) is 0 Å². The topological polar surface area (TPSA) is 64.4 Å². The number of anilines is 1. The molecular weight excluding hydrogens is 285 g/mol. The normalized spacial score (nSPS) is 14.4. The first kappa shape index (κ1) is 17.3. The SMILES string of the molecule is CCC(C)(CN)C(=O)Nc1ccc(OCC(F)(F)F)cc1. The molecule has 0 aliphatic heterocycles. The summed E-state index contributed by atoms with van der Waals surface area (Å²) in [4.78, 5) is 12.1. The lowest BCUT2D eigenvalue weighted by atomic mass is 9.86. The second-order valence-electron chi connectivity index (χ2n) is 5.00. The van der Waals surface area contributed by atoms with Gasteiger partial charge in [0.2, 0.25) is 5.91 Å². The average molecular weight is 304 g/mol. The Balaban J connectivity index is 2.65. The highest BCUT2D eigenvalue weighted by Gasteiger charge is 2.30. The van der Waals surface area contributed by atoms with Gasteiger partial charge in [0, 0.05) is 12.2 Å². The number of rotatable bonds is 6. The van der Waals surface area contributed by atoms with E-state index in [1.54, 1.807) is 6.92 Å². The zero-order valence-electron chi connectivity index (χ0n) is 12.0. The van der Waals surface area contributed by atoms with Crippen LogP contribution in [0.2, 0.25) is 0 Å². The van der Waals surface area contributed by atoms with Crippen molar-refractivity contribution in [3.8, 4) is 5.75 Å². The summed E-state index contributed by atoms with van der Waals surface area (Å²) in [6.07, 6.45) is -3.79. The van der Waals surface area contributed by atoms with Gasteiger partial charge in [0.15, 0.2) is 6.61 Å². The Bertz CT molecular complexity index is 468. The third kappa shape index (κ3) is 5.26. The molecule has 1 rings (SSSR count). The summed E-state index contributed by atoms with van der Waals surface area (Å²) in [5.74, 6) is -0.140. The van der Waals surface area contributed by atoms with Crippen molar-refractivity contribution >= 4 is 11.6 Å². The molecule has 0 bridgehead atoms. The molecule has 1 atom stereocenters. The highest BCUT2D eigenvalue weighted by molar-refractivity contribution is 5.95.